The quantitative estimate of drug-likeness (QED) is 0.786. The fourth-order valence-electron chi connectivity index (χ4n) is 1.62. The van der Waals surface area contributed by atoms with Gasteiger partial charge in [0.05, 0.1) is 5.69 Å². The first-order valence-corrected chi connectivity index (χ1v) is 5.93. The Labute approximate surface area is 95.0 Å². The van der Waals surface area contributed by atoms with Crippen LogP contribution in [0.15, 0.2) is 12.1 Å². The minimum absolute atomic E-state index is 0.541. The van der Waals surface area contributed by atoms with Crippen LogP contribution in [0, 0.1) is 5.92 Å². The fourth-order valence-corrected chi connectivity index (χ4v) is 2.48. The lowest BCUT2D eigenvalue weighted by atomic mass is 10.2. The largest absolute Gasteiger partial charge is 0.199 e. The molecule has 1 fully saturated rings. The highest BCUT2D eigenvalue weighted by Gasteiger charge is 2.29. The second-order valence-electron chi connectivity index (χ2n) is 3.91. The van der Waals surface area contributed by atoms with Crippen LogP contribution >= 0.6 is 15.9 Å². The van der Waals surface area contributed by atoms with Crippen LogP contribution in [0.3, 0.4) is 0 Å². The highest BCUT2D eigenvalue weighted by atomic mass is 79.9. The molecule has 1 aliphatic carbocycles. The molecule has 0 amide bonds. The van der Waals surface area contributed by atoms with E-state index in [4.69, 9.17) is 0 Å². The lowest BCUT2D eigenvalue weighted by molar-refractivity contribution is 0.681. The maximum absolute atomic E-state index is 4.34. The van der Waals surface area contributed by atoms with E-state index in [1.54, 1.807) is 0 Å². The molecule has 2 aromatic rings. The van der Waals surface area contributed by atoms with Crippen molar-refractivity contribution in [2.45, 2.75) is 24.1 Å². The second kappa shape index (κ2) is 3.52. The molecule has 0 radical (unpaired) electrons. The minimum atomic E-state index is 0.541. The normalized spacial score (nSPS) is 18.2. The predicted octanol–water partition coefficient (Wildman–Crippen LogP) is 1.24. The summed E-state index contributed by atoms with van der Waals surface area (Å²) in [5.74, 6) is 0.830. The Morgan fingerprint density at radius 2 is 2.33 bits per heavy atom. The minimum Gasteiger partial charge on any atom is -0.152 e. The molecule has 1 saturated carbocycles. The molecule has 15 heavy (non-hydrogen) atoms. The molecule has 6 heteroatoms. The number of alkyl halides is 1. The highest BCUT2D eigenvalue weighted by molar-refractivity contribution is 9.09. The lowest BCUT2D eigenvalue weighted by Gasteiger charge is -2.06. The van der Waals surface area contributed by atoms with Gasteiger partial charge in [-0.3, -0.25) is 0 Å². The topological polar surface area (TPSA) is 56.0 Å². The van der Waals surface area contributed by atoms with E-state index >= 15 is 0 Å². The maximum atomic E-state index is 4.34. The number of tetrazole rings is 1. The standard InChI is InChI=1S/C9H10BrN5/c10-8(6-1-2-6)5-7-3-4-9-11-13-14-15(9)12-7/h3-4,6,8H,1-2,5H2. The third-order valence-corrected chi connectivity index (χ3v) is 3.73. The van der Waals surface area contributed by atoms with Crippen molar-refractivity contribution in [3.8, 4) is 0 Å². The molecular formula is C9H10BrN5. The average Bonchev–Trinajstić information content (AvgIpc) is 2.98. The molecule has 0 N–H and O–H groups in total. The third kappa shape index (κ3) is 1.86. The number of hydrogen-bond acceptors (Lipinski definition) is 4. The van der Waals surface area contributed by atoms with Gasteiger partial charge in [-0.1, -0.05) is 15.9 Å². The first-order chi connectivity index (χ1) is 7.33. The van der Waals surface area contributed by atoms with E-state index < -0.39 is 0 Å². The van der Waals surface area contributed by atoms with Gasteiger partial charge in [0.25, 0.3) is 0 Å². The van der Waals surface area contributed by atoms with E-state index in [2.05, 4.69) is 36.6 Å². The van der Waals surface area contributed by atoms with Gasteiger partial charge in [-0.15, -0.1) is 9.73 Å². The van der Waals surface area contributed by atoms with E-state index in [0.717, 1.165) is 18.0 Å². The molecule has 1 unspecified atom stereocenters. The summed E-state index contributed by atoms with van der Waals surface area (Å²) in [7, 11) is 0. The van der Waals surface area contributed by atoms with Crippen LogP contribution in [-0.4, -0.2) is 30.1 Å². The summed E-state index contributed by atoms with van der Waals surface area (Å²) in [5.41, 5.74) is 1.72. The Hall–Kier alpha value is -1.04. The summed E-state index contributed by atoms with van der Waals surface area (Å²) in [5, 5.41) is 15.5. The molecule has 3 rings (SSSR count). The number of halogens is 1. The molecule has 2 heterocycles. The molecule has 2 aromatic heterocycles. The number of hydrogen-bond donors (Lipinski definition) is 0. The lowest BCUT2D eigenvalue weighted by Crippen LogP contribution is -2.08. The molecule has 1 atom stereocenters. The zero-order valence-corrected chi connectivity index (χ0v) is 9.63. The summed E-state index contributed by atoms with van der Waals surface area (Å²) in [6.07, 6.45) is 3.62. The molecule has 5 nitrogen and oxygen atoms in total. The zero-order chi connectivity index (χ0) is 10.3. The van der Waals surface area contributed by atoms with Gasteiger partial charge in [-0.25, -0.2) is 0 Å². The molecule has 1 aliphatic rings. The van der Waals surface area contributed by atoms with Gasteiger partial charge in [0.2, 0.25) is 0 Å². The predicted molar refractivity (Wildman–Crippen MR) is 57.7 cm³/mol. The number of aromatic nitrogens is 5. The van der Waals surface area contributed by atoms with Gasteiger partial charge in [0.15, 0.2) is 5.65 Å². The molecule has 0 aromatic carbocycles. The van der Waals surface area contributed by atoms with Crippen LogP contribution in [0.2, 0.25) is 0 Å². The van der Waals surface area contributed by atoms with Crippen LogP contribution in [0.25, 0.3) is 5.65 Å². The van der Waals surface area contributed by atoms with Gasteiger partial charge >= 0.3 is 0 Å². The van der Waals surface area contributed by atoms with Crippen LogP contribution in [0.5, 0.6) is 0 Å². The van der Waals surface area contributed by atoms with E-state index in [0.29, 0.717) is 10.5 Å². The molecule has 0 spiro atoms. The van der Waals surface area contributed by atoms with Crippen molar-refractivity contribution in [1.29, 1.82) is 0 Å². The van der Waals surface area contributed by atoms with Gasteiger partial charge in [0, 0.05) is 11.2 Å². The molecule has 0 bridgehead atoms. The number of nitrogens with zero attached hydrogens (tertiary/aromatic N) is 5. The van der Waals surface area contributed by atoms with Crippen molar-refractivity contribution >= 4 is 21.6 Å². The molecule has 0 aliphatic heterocycles. The van der Waals surface area contributed by atoms with E-state index in [1.165, 1.54) is 17.5 Å². The monoisotopic (exact) mass is 267 g/mol. The second-order valence-corrected chi connectivity index (χ2v) is 5.08. The van der Waals surface area contributed by atoms with Gasteiger partial charge in [-0.05, 0) is 41.3 Å². The molecule has 78 valence electrons. The Kier molecular flexibility index (Phi) is 2.16. The first kappa shape index (κ1) is 9.21. The fraction of sp³-hybridized carbons (Fsp3) is 0.556. The maximum Gasteiger partial charge on any atom is 0.199 e. The Bertz CT molecular complexity index is 478. The Morgan fingerprint density at radius 1 is 1.47 bits per heavy atom. The van der Waals surface area contributed by atoms with Crippen molar-refractivity contribution < 1.29 is 0 Å². The molecular weight excluding hydrogens is 258 g/mol. The van der Waals surface area contributed by atoms with Crippen molar-refractivity contribution in [2.75, 3.05) is 0 Å². The van der Waals surface area contributed by atoms with Crippen LogP contribution < -0.4 is 0 Å². The van der Waals surface area contributed by atoms with Gasteiger partial charge < -0.3 is 0 Å². The van der Waals surface area contributed by atoms with Gasteiger partial charge in [-0.2, -0.15) is 5.10 Å². The van der Waals surface area contributed by atoms with Crippen LogP contribution in [-0.2, 0) is 6.42 Å². The Balaban J connectivity index is 1.83. The summed E-state index contributed by atoms with van der Waals surface area (Å²) in [6.45, 7) is 0. The van der Waals surface area contributed by atoms with Crippen LogP contribution in [0.1, 0.15) is 18.5 Å². The average molecular weight is 268 g/mol. The summed E-state index contributed by atoms with van der Waals surface area (Å²) >= 11 is 3.70. The summed E-state index contributed by atoms with van der Waals surface area (Å²) in [6, 6.07) is 3.89. The van der Waals surface area contributed by atoms with E-state index in [-0.39, 0.29) is 0 Å². The number of fused-ring (bicyclic) bond motifs is 1. The summed E-state index contributed by atoms with van der Waals surface area (Å²) < 4.78 is 1.47. The third-order valence-electron chi connectivity index (χ3n) is 2.66. The van der Waals surface area contributed by atoms with Crippen molar-refractivity contribution in [1.82, 2.24) is 25.3 Å². The summed E-state index contributed by atoms with van der Waals surface area (Å²) in [4.78, 5) is 0.541. The van der Waals surface area contributed by atoms with E-state index in [1.807, 2.05) is 12.1 Å². The Morgan fingerprint density at radius 3 is 3.13 bits per heavy atom. The molecule has 0 saturated heterocycles. The van der Waals surface area contributed by atoms with E-state index in [9.17, 15) is 0 Å². The number of rotatable bonds is 3. The van der Waals surface area contributed by atoms with Crippen molar-refractivity contribution in [3.63, 3.8) is 0 Å². The first-order valence-electron chi connectivity index (χ1n) is 5.01. The highest BCUT2D eigenvalue weighted by Crippen LogP contribution is 2.37. The zero-order valence-electron chi connectivity index (χ0n) is 8.04. The smallest absolute Gasteiger partial charge is 0.152 e. The van der Waals surface area contributed by atoms with Crippen molar-refractivity contribution in [2.24, 2.45) is 5.92 Å². The van der Waals surface area contributed by atoms with Crippen LogP contribution in [0.4, 0.5) is 0 Å². The SMILES string of the molecule is BrC(Cc1ccc2nnnn2n1)C1CC1. The van der Waals surface area contributed by atoms with Crippen molar-refractivity contribution in [3.05, 3.63) is 17.8 Å². The van der Waals surface area contributed by atoms with Gasteiger partial charge in [0.1, 0.15) is 0 Å².